The Labute approximate surface area is 87.9 Å². The van der Waals surface area contributed by atoms with E-state index in [9.17, 15) is 9.00 Å². The lowest BCUT2D eigenvalue weighted by Crippen LogP contribution is -2.09. The number of carbonyl (C=O) groups excluding carboxylic acids is 1. The summed E-state index contributed by atoms with van der Waals surface area (Å²) < 4.78 is 11.7. The molecule has 0 aliphatic rings. The number of hydrogen-bond acceptors (Lipinski definition) is 2. The van der Waals surface area contributed by atoms with Gasteiger partial charge < -0.3 is 0 Å². The van der Waals surface area contributed by atoms with Gasteiger partial charge in [-0.3, -0.25) is 9.00 Å². The van der Waals surface area contributed by atoms with Crippen LogP contribution in [0.1, 0.15) is 10.4 Å². The van der Waals surface area contributed by atoms with E-state index in [1.807, 2.05) is 6.07 Å². The van der Waals surface area contributed by atoms with E-state index in [-0.39, 0.29) is 11.5 Å². The quantitative estimate of drug-likeness (QED) is 0.780. The molecular formula is C9H9BrO2S. The fourth-order valence-electron chi connectivity index (χ4n) is 0.930. The standard InChI is InChI=1S/C9H9BrO2S/c1-13(12)6-9(11)7-3-2-4-8(10)5-7/h2-5H,6H2,1H3. The Hall–Kier alpha value is -0.480. The van der Waals surface area contributed by atoms with Crippen LogP contribution in [0.5, 0.6) is 0 Å². The molecule has 2 nitrogen and oxygen atoms in total. The molecule has 70 valence electrons. The highest BCUT2D eigenvalue weighted by Gasteiger charge is 2.07. The smallest absolute Gasteiger partial charge is 0.175 e. The number of benzene rings is 1. The second-order valence-electron chi connectivity index (χ2n) is 2.65. The Bertz CT molecular complexity index is 349. The van der Waals surface area contributed by atoms with E-state index in [0.29, 0.717) is 5.56 Å². The monoisotopic (exact) mass is 260 g/mol. The van der Waals surface area contributed by atoms with Crippen LogP contribution in [-0.4, -0.2) is 22.0 Å². The van der Waals surface area contributed by atoms with Crippen molar-refractivity contribution in [3.63, 3.8) is 0 Å². The molecule has 1 unspecified atom stereocenters. The molecule has 0 saturated heterocycles. The van der Waals surface area contributed by atoms with Gasteiger partial charge in [-0.2, -0.15) is 0 Å². The zero-order valence-corrected chi connectivity index (χ0v) is 9.52. The van der Waals surface area contributed by atoms with Gasteiger partial charge in [-0.1, -0.05) is 28.1 Å². The number of hydrogen-bond donors (Lipinski definition) is 0. The largest absolute Gasteiger partial charge is 0.293 e. The molecule has 0 spiro atoms. The third kappa shape index (κ3) is 3.40. The summed E-state index contributed by atoms with van der Waals surface area (Å²) in [7, 11) is -1.07. The molecule has 0 heterocycles. The van der Waals surface area contributed by atoms with Crippen LogP contribution < -0.4 is 0 Å². The Balaban J connectivity index is 2.83. The Morgan fingerprint density at radius 3 is 2.77 bits per heavy atom. The van der Waals surface area contributed by atoms with Gasteiger partial charge in [0.1, 0.15) is 0 Å². The normalized spacial score (nSPS) is 12.5. The third-order valence-electron chi connectivity index (χ3n) is 1.48. The molecule has 0 N–H and O–H groups in total. The molecule has 0 amide bonds. The molecule has 1 atom stereocenters. The summed E-state index contributed by atoms with van der Waals surface area (Å²) in [5, 5.41) is 0. The number of halogens is 1. The van der Waals surface area contributed by atoms with Gasteiger partial charge in [0.15, 0.2) is 5.78 Å². The first-order chi connectivity index (χ1) is 6.09. The highest BCUT2D eigenvalue weighted by atomic mass is 79.9. The molecule has 4 heteroatoms. The molecule has 0 saturated carbocycles. The summed E-state index contributed by atoms with van der Waals surface area (Å²) in [6.45, 7) is 0. The summed E-state index contributed by atoms with van der Waals surface area (Å²) in [6.07, 6.45) is 1.52. The van der Waals surface area contributed by atoms with Crippen molar-refractivity contribution >= 4 is 32.5 Å². The van der Waals surface area contributed by atoms with Crippen LogP contribution in [0.15, 0.2) is 28.7 Å². The van der Waals surface area contributed by atoms with Gasteiger partial charge in [-0.15, -0.1) is 0 Å². The van der Waals surface area contributed by atoms with Crippen molar-refractivity contribution in [2.45, 2.75) is 0 Å². The van der Waals surface area contributed by atoms with Crippen molar-refractivity contribution in [3.8, 4) is 0 Å². The van der Waals surface area contributed by atoms with Crippen molar-refractivity contribution in [1.29, 1.82) is 0 Å². The van der Waals surface area contributed by atoms with Crippen molar-refractivity contribution < 1.29 is 9.00 Å². The van der Waals surface area contributed by atoms with E-state index in [1.54, 1.807) is 18.2 Å². The van der Waals surface area contributed by atoms with Crippen molar-refractivity contribution in [3.05, 3.63) is 34.3 Å². The van der Waals surface area contributed by atoms with Crippen LogP contribution in [0.2, 0.25) is 0 Å². The highest BCUT2D eigenvalue weighted by Crippen LogP contribution is 2.12. The van der Waals surface area contributed by atoms with Crippen molar-refractivity contribution in [2.24, 2.45) is 0 Å². The van der Waals surface area contributed by atoms with Crippen LogP contribution in [0.25, 0.3) is 0 Å². The van der Waals surface area contributed by atoms with Crippen LogP contribution in [0, 0.1) is 0 Å². The van der Waals surface area contributed by atoms with Gasteiger partial charge in [0.25, 0.3) is 0 Å². The lowest BCUT2D eigenvalue weighted by Gasteiger charge is -1.98. The van der Waals surface area contributed by atoms with Gasteiger partial charge in [0, 0.05) is 27.1 Å². The molecule has 1 aromatic carbocycles. The average molecular weight is 261 g/mol. The molecule has 0 bridgehead atoms. The van der Waals surface area contributed by atoms with Gasteiger partial charge in [-0.05, 0) is 12.1 Å². The second-order valence-corrected chi connectivity index (χ2v) is 5.00. The Morgan fingerprint density at radius 2 is 2.23 bits per heavy atom. The predicted molar refractivity (Wildman–Crippen MR) is 57.4 cm³/mol. The van der Waals surface area contributed by atoms with Crippen LogP contribution in [0.4, 0.5) is 0 Å². The first kappa shape index (κ1) is 10.6. The summed E-state index contributed by atoms with van der Waals surface area (Å²) in [5.74, 6) is 0.0123. The first-order valence-corrected chi connectivity index (χ1v) is 6.20. The molecular weight excluding hydrogens is 252 g/mol. The SMILES string of the molecule is CS(=O)CC(=O)c1cccc(Br)c1. The maximum Gasteiger partial charge on any atom is 0.175 e. The Morgan fingerprint density at radius 1 is 1.54 bits per heavy atom. The topological polar surface area (TPSA) is 34.1 Å². The summed E-state index contributed by atoms with van der Waals surface area (Å²) >= 11 is 3.27. The molecule has 13 heavy (non-hydrogen) atoms. The molecule has 0 aromatic heterocycles. The maximum atomic E-state index is 11.4. The van der Waals surface area contributed by atoms with E-state index in [4.69, 9.17) is 0 Å². The molecule has 0 aliphatic heterocycles. The van der Waals surface area contributed by atoms with E-state index in [0.717, 1.165) is 4.47 Å². The van der Waals surface area contributed by atoms with Gasteiger partial charge in [0.05, 0.1) is 5.75 Å². The van der Waals surface area contributed by atoms with Gasteiger partial charge in [0.2, 0.25) is 0 Å². The number of Topliss-reactive ketones (excluding diaryl/α,β-unsaturated/α-hetero) is 1. The fourth-order valence-corrected chi connectivity index (χ4v) is 1.87. The molecule has 1 aromatic rings. The van der Waals surface area contributed by atoms with E-state index in [2.05, 4.69) is 15.9 Å². The number of rotatable bonds is 3. The molecule has 0 aliphatic carbocycles. The zero-order chi connectivity index (χ0) is 9.84. The Kier molecular flexibility index (Phi) is 3.81. The average Bonchev–Trinajstić information content (AvgIpc) is 2.03. The minimum Gasteiger partial charge on any atom is -0.293 e. The van der Waals surface area contributed by atoms with Gasteiger partial charge in [-0.25, -0.2) is 0 Å². The fraction of sp³-hybridized carbons (Fsp3) is 0.222. The van der Waals surface area contributed by atoms with Gasteiger partial charge >= 0.3 is 0 Å². The summed E-state index contributed by atoms with van der Waals surface area (Å²) in [4.78, 5) is 11.4. The molecule has 0 fully saturated rings. The minimum absolute atomic E-state index is 0.0814. The second kappa shape index (κ2) is 4.67. The van der Waals surface area contributed by atoms with Crippen LogP contribution >= 0.6 is 15.9 Å². The molecule has 1 rings (SSSR count). The summed E-state index contributed by atoms with van der Waals surface area (Å²) in [5.41, 5.74) is 0.601. The van der Waals surface area contributed by atoms with Crippen molar-refractivity contribution in [1.82, 2.24) is 0 Å². The molecule has 0 radical (unpaired) electrons. The third-order valence-corrected chi connectivity index (χ3v) is 2.64. The lowest BCUT2D eigenvalue weighted by atomic mass is 10.2. The minimum atomic E-state index is -1.07. The lowest BCUT2D eigenvalue weighted by molar-refractivity contribution is 0.102. The van der Waals surface area contributed by atoms with Crippen molar-refractivity contribution in [2.75, 3.05) is 12.0 Å². The first-order valence-electron chi connectivity index (χ1n) is 3.68. The highest BCUT2D eigenvalue weighted by molar-refractivity contribution is 9.10. The zero-order valence-electron chi connectivity index (χ0n) is 7.12. The van der Waals surface area contributed by atoms with E-state index in [1.165, 1.54) is 6.26 Å². The van der Waals surface area contributed by atoms with Crippen LogP contribution in [0.3, 0.4) is 0 Å². The summed E-state index contributed by atoms with van der Waals surface area (Å²) in [6, 6.07) is 7.09. The number of ketones is 1. The van der Waals surface area contributed by atoms with E-state index >= 15 is 0 Å². The maximum absolute atomic E-state index is 11.4. The predicted octanol–water partition coefficient (Wildman–Crippen LogP) is 2.01. The van der Waals surface area contributed by atoms with Crippen LogP contribution in [-0.2, 0) is 10.8 Å². The number of carbonyl (C=O) groups is 1. The van der Waals surface area contributed by atoms with E-state index < -0.39 is 10.8 Å².